The molecule has 1 amide bonds. The largest absolute Gasteiger partial charge is 0.366 e. The molecule has 0 aliphatic carbocycles. The maximum Gasteiger partial charge on any atom is 0.249 e. The summed E-state index contributed by atoms with van der Waals surface area (Å²) in [7, 11) is 0. The number of hydrogen-bond donors (Lipinski definition) is 1. The third-order valence-corrected chi connectivity index (χ3v) is 2.59. The van der Waals surface area contributed by atoms with Crippen molar-refractivity contribution in [2.45, 2.75) is 6.17 Å². The Bertz CT molecular complexity index is 525. The summed E-state index contributed by atoms with van der Waals surface area (Å²) in [6.07, 6.45) is -1.33. The monoisotopic (exact) mass is 229 g/mol. The highest BCUT2D eigenvalue weighted by molar-refractivity contribution is 5.94. The van der Waals surface area contributed by atoms with E-state index in [1.807, 2.05) is 6.07 Å². The Labute approximate surface area is 98.9 Å². The van der Waals surface area contributed by atoms with Gasteiger partial charge in [-0.3, -0.25) is 4.79 Å². The number of carbonyl (C=O) groups excluding carboxylic acids is 1. The Hall–Kier alpha value is -2.16. The molecule has 0 aliphatic heterocycles. The Kier molecular flexibility index (Phi) is 3.19. The van der Waals surface area contributed by atoms with Crippen LogP contribution in [0.25, 0.3) is 0 Å². The van der Waals surface area contributed by atoms with Crippen molar-refractivity contribution in [3.63, 3.8) is 0 Å². The Morgan fingerprint density at radius 2 is 1.59 bits per heavy atom. The van der Waals surface area contributed by atoms with E-state index in [0.717, 1.165) is 0 Å². The topological polar surface area (TPSA) is 43.1 Å². The molecule has 17 heavy (non-hydrogen) atoms. The number of amides is 1. The van der Waals surface area contributed by atoms with E-state index in [9.17, 15) is 9.18 Å². The highest BCUT2D eigenvalue weighted by atomic mass is 19.1. The van der Waals surface area contributed by atoms with Gasteiger partial charge in [0, 0.05) is 11.1 Å². The fraction of sp³-hybridized carbons (Fsp3) is 0.0714. The fourth-order valence-corrected chi connectivity index (χ4v) is 1.74. The van der Waals surface area contributed by atoms with Gasteiger partial charge in [0.1, 0.15) is 0 Å². The molecule has 2 rings (SSSR count). The molecule has 2 aromatic carbocycles. The minimum atomic E-state index is -1.33. The summed E-state index contributed by atoms with van der Waals surface area (Å²) < 4.78 is 14.3. The first-order valence-corrected chi connectivity index (χ1v) is 5.28. The second kappa shape index (κ2) is 4.78. The van der Waals surface area contributed by atoms with Crippen LogP contribution in [0.2, 0.25) is 0 Å². The van der Waals surface area contributed by atoms with E-state index in [-0.39, 0.29) is 5.56 Å². The number of halogens is 1. The zero-order valence-electron chi connectivity index (χ0n) is 9.14. The van der Waals surface area contributed by atoms with Crippen LogP contribution in [0.5, 0.6) is 0 Å². The second-order valence-corrected chi connectivity index (χ2v) is 3.72. The fourth-order valence-electron chi connectivity index (χ4n) is 1.74. The lowest BCUT2D eigenvalue weighted by Crippen LogP contribution is -2.14. The summed E-state index contributed by atoms with van der Waals surface area (Å²) in [5.74, 6) is -0.612. The van der Waals surface area contributed by atoms with Crippen LogP contribution in [-0.4, -0.2) is 5.91 Å². The Morgan fingerprint density at radius 1 is 1.00 bits per heavy atom. The average Bonchev–Trinajstić information content (AvgIpc) is 2.39. The van der Waals surface area contributed by atoms with Crippen molar-refractivity contribution in [2.24, 2.45) is 5.73 Å². The molecule has 0 fully saturated rings. The van der Waals surface area contributed by atoms with Crippen LogP contribution in [-0.2, 0) is 0 Å². The van der Waals surface area contributed by atoms with Gasteiger partial charge in [-0.1, -0.05) is 48.5 Å². The van der Waals surface area contributed by atoms with Crippen molar-refractivity contribution in [1.29, 1.82) is 0 Å². The van der Waals surface area contributed by atoms with E-state index in [1.54, 1.807) is 42.5 Å². The molecule has 0 saturated carbocycles. The number of alkyl halides is 1. The number of nitrogens with two attached hydrogens (primary N) is 1. The lowest BCUT2D eigenvalue weighted by atomic mass is 9.98. The van der Waals surface area contributed by atoms with Gasteiger partial charge < -0.3 is 5.73 Å². The van der Waals surface area contributed by atoms with E-state index >= 15 is 0 Å². The third kappa shape index (κ3) is 2.33. The van der Waals surface area contributed by atoms with Crippen molar-refractivity contribution in [3.8, 4) is 0 Å². The van der Waals surface area contributed by atoms with Gasteiger partial charge in [0.05, 0.1) is 0 Å². The lowest BCUT2D eigenvalue weighted by molar-refractivity contribution is 0.0998. The van der Waals surface area contributed by atoms with E-state index in [4.69, 9.17) is 5.73 Å². The van der Waals surface area contributed by atoms with Crippen LogP contribution >= 0.6 is 0 Å². The molecule has 0 saturated heterocycles. The van der Waals surface area contributed by atoms with Crippen LogP contribution in [0.1, 0.15) is 27.7 Å². The van der Waals surface area contributed by atoms with Crippen LogP contribution in [0.3, 0.4) is 0 Å². The van der Waals surface area contributed by atoms with Crippen molar-refractivity contribution in [3.05, 3.63) is 71.3 Å². The molecule has 2 N–H and O–H groups in total. The minimum Gasteiger partial charge on any atom is -0.366 e. The SMILES string of the molecule is NC(=O)c1ccccc1C(F)c1ccccc1. The predicted molar refractivity (Wildman–Crippen MR) is 64.4 cm³/mol. The van der Waals surface area contributed by atoms with Crippen molar-refractivity contribution < 1.29 is 9.18 Å². The number of benzene rings is 2. The van der Waals surface area contributed by atoms with Crippen molar-refractivity contribution in [1.82, 2.24) is 0 Å². The van der Waals surface area contributed by atoms with Gasteiger partial charge in [-0.15, -0.1) is 0 Å². The molecule has 0 spiro atoms. The summed E-state index contributed by atoms with van der Waals surface area (Å²) in [6.45, 7) is 0. The smallest absolute Gasteiger partial charge is 0.249 e. The zero-order chi connectivity index (χ0) is 12.3. The second-order valence-electron chi connectivity index (χ2n) is 3.72. The van der Waals surface area contributed by atoms with E-state index in [0.29, 0.717) is 11.1 Å². The van der Waals surface area contributed by atoms with Crippen LogP contribution in [0.4, 0.5) is 4.39 Å². The average molecular weight is 229 g/mol. The summed E-state index contributed by atoms with van der Waals surface area (Å²) in [5, 5.41) is 0. The minimum absolute atomic E-state index is 0.226. The summed E-state index contributed by atoms with van der Waals surface area (Å²) in [6, 6.07) is 15.2. The highest BCUT2D eigenvalue weighted by Crippen LogP contribution is 2.28. The number of primary amides is 1. The predicted octanol–water partition coefficient (Wildman–Crippen LogP) is 2.84. The van der Waals surface area contributed by atoms with Crippen molar-refractivity contribution in [2.75, 3.05) is 0 Å². The van der Waals surface area contributed by atoms with Crippen LogP contribution in [0, 0.1) is 0 Å². The van der Waals surface area contributed by atoms with Gasteiger partial charge in [-0.25, -0.2) is 4.39 Å². The molecule has 0 bridgehead atoms. The molecule has 0 aliphatic rings. The van der Waals surface area contributed by atoms with Gasteiger partial charge >= 0.3 is 0 Å². The normalized spacial score (nSPS) is 12.1. The first-order chi connectivity index (χ1) is 8.20. The third-order valence-electron chi connectivity index (χ3n) is 2.59. The summed E-state index contributed by atoms with van der Waals surface area (Å²) >= 11 is 0. The number of rotatable bonds is 3. The maximum absolute atomic E-state index is 14.3. The van der Waals surface area contributed by atoms with Gasteiger partial charge in [0.25, 0.3) is 0 Å². The van der Waals surface area contributed by atoms with Crippen molar-refractivity contribution >= 4 is 5.91 Å². The number of carbonyl (C=O) groups is 1. The van der Waals surface area contributed by atoms with E-state index < -0.39 is 12.1 Å². The standard InChI is InChI=1S/C14H12FNO/c15-13(10-6-2-1-3-7-10)11-8-4-5-9-12(11)14(16)17/h1-9,13H,(H2,16,17). The van der Waals surface area contributed by atoms with Crippen LogP contribution in [0.15, 0.2) is 54.6 Å². The molecular weight excluding hydrogens is 217 g/mol. The van der Waals surface area contributed by atoms with Gasteiger partial charge in [0.2, 0.25) is 5.91 Å². The molecule has 0 aromatic heterocycles. The Morgan fingerprint density at radius 3 is 2.24 bits per heavy atom. The maximum atomic E-state index is 14.3. The molecular formula is C14H12FNO. The first kappa shape index (κ1) is 11.3. The molecule has 0 heterocycles. The molecule has 86 valence electrons. The molecule has 2 nitrogen and oxygen atoms in total. The summed E-state index contributed by atoms with van der Waals surface area (Å²) in [4.78, 5) is 11.2. The molecule has 0 radical (unpaired) electrons. The molecule has 1 unspecified atom stereocenters. The lowest BCUT2D eigenvalue weighted by Gasteiger charge is -2.11. The van der Waals surface area contributed by atoms with Gasteiger partial charge in [-0.05, 0) is 11.6 Å². The van der Waals surface area contributed by atoms with Gasteiger partial charge in [-0.2, -0.15) is 0 Å². The molecule has 3 heteroatoms. The Balaban J connectivity index is 2.44. The first-order valence-electron chi connectivity index (χ1n) is 5.28. The summed E-state index contributed by atoms with van der Waals surface area (Å²) in [5.41, 5.74) is 6.28. The molecule has 1 atom stereocenters. The van der Waals surface area contributed by atoms with E-state index in [2.05, 4.69) is 0 Å². The van der Waals surface area contributed by atoms with E-state index in [1.165, 1.54) is 6.07 Å². The quantitative estimate of drug-likeness (QED) is 0.864. The van der Waals surface area contributed by atoms with Gasteiger partial charge in [0.15, 0.2) is 6.17 Å². The molecule has 2 aromatic rings. The number of hydrogen-bond acceptors (Lipinski definition) is 1. The van der Waals surface area contributed by atoms with Crippen LogP contribution < -0.4 is 5.73 Å². The zero-order valence-corrected chi connectivity index (χ0v) is 9.14. The highest BCUT2D eigenvalue weighted by Gasteiger charge is 2.18.